The first kappa shape index (κ1) is 20.6. The van der Waals surface area contributed by atoms with Crippen LogP contribution in [0.3, 0.4) is 0 Å². The molecule has 0 bridgehead atoms. The van der Waals surface area contributed by atoms with Gasteiger partial charge in [-0.3, -0.25) is 9.59 Å². The number of aryl methyl sites for hydroxylation is 1. The predicted molar refractivity (Wildman–Crippen MR) is 118 cm³/mol. The molecule has 0 saturated heterocycles. The van der Waals surface area contributed by atoms with Gasteiger partial charge in [-0.1, -0.05) is 48.5 Å². The molecule has 5 nitrogen and oxygen atoms in total. The number of hydrogen-bond acceptors (Lipinski definition) is 3. The summed E-state index contributed by atoms with van der Waals surface area (Å²) in [5.41, 5.74) is 3.10. The molecule has 0 aliphatic rings. The van der Waals surface area contributed by atoms with E-state index >= 15 is 0 Å². The maximum atomic E-state index is 13.0. The number of nitrogens with zero attached hydrogens (tertiary/aromatic N) is 1. The second-order valence-corrected chi connectivity index (χ2v) is 7.58. The van der Waals surface area contributed by atoms with E-state index in [1.165, 1.54) is 0 Å². The summed E-state index contributed by atoms with van der Waals surface area (Å²) < 4.78 is 0. The lowest BCUT2D eigenvalue weighted by Gasteiger charge is -2.18. The number of amides is 2. The van der Waals surface area contributed by atoms with Crippen LogP contribution in [0.1, 0.15) is 34.5 Å². The van der Waals surface area contributed by atoms with Gasteiger partial charge in [0.15, 0.2) is 0 Å². The lowest BCUT2D eigenvalue weighted by Crippen LogP contribution is -2.28. The number of anilines is 1. The summed E-state index contributed by atoms with van der Waals surface area (Å²) in [6.45, 7) is 4.16. The van der Waals surface area contributed by atoms with Crippen molar-refractivity contribution in [1.29, 1.82) is 0 Å². The number of nitrogens with one attached hydrogen (secondary N) is 2. The van der Waals surface area contributed by atoms with Crippen molar-refractivity contribution in [2.24, 2.45) is 0 Å². The SMILES string of the molecule is Cc1ccc(NC(=O)CN(C)C)cc1C(=O)N[C@H](C)c1cccc2ccccc12. The Hall–Kier alpha value is -3.18. The number of likely N-dealkylation sites (N-methyl/N-ethyl adjacent to an activating group) is 1. The van der Waals surface area contributed by atoms with Crippen molar-refractivity contribution in [2.75, 3.05) is 26.0 Å². The van der Waals surface area contributed by atoms with Crippen molar-refractivity contribution < 1.29 is 9.59 Å². The Balaban J connectivity index is 1.79. The van der Waals surface area contributed by atoms with Gasteiger partial charge in [-0.15, -0.1) is 0 Å². The second kappa shape index (κ2) is 8.88. The van der Waals surface area contributed by atoms with Crippen molar-refractivity contribution in [3.8, 4) is 0 Å². The molecule has 0 aromatic heterocycles. The van der Waals surface area contributed by atoms with Gasteiger partial charge in [-0.25, -0.2) is 0 Å². The van der Waals surface area contributed by atoms with Crippen LogP contribution in [-0.2, 0) is 4.79 Å². The molecule has 2 amide bonds. The topological polar surface area (TPSA) is 61.4 Å². The number of fused-ring (bicyclic) bond motifs is 1. The van der Waals surface area contributed by atoms with E-state index in [1.807, 2.05) is 64.3 Å². The first-order valence-electron chi connectivity index (χ1n) is 9.69. The van der Waals surface area contributed by atoms with Gasteiger partial charge in [-0.05, 0) is 62.0 Å². The van der Waals surface area contributed by atoms with Crippen molar-refractivity contribution >= 4 is 28.3 Å². The summed E-state index contributed by atoms with van der Waals surface area (Å²) in [6, 6.07) is 19.5. The average molecular weight is 389 g/mol. The molecular weight excluding hydrogens is 362 g/mol. The fourth-order valence-electron chi connectivity index (χ4n) is 3.41. The van der Waals surface area contributed by atoms with E-state index in [4.69, 9.17) is 0 Å². The lowest BCUT2D eigenvalue weighted by atomic mass is 9.99. The molecule has 0 aliphatic carbocycles. The molecule has 0 saturated carbocycles. The third-order valence-electron chi connectivity index (χ3n) is 4.86. The second-order valence-electron chi connectivity index (χ2n) is 7.58. The molecule has 2 N–H and O–H groups in total. The van der Waals surface area contributed by atoms with Gasteiger partial charge in [0.25, 0.3) is 5.91 Å². The van der Waals surface area contributed by atoms with Crippen molar-refractivity contribution in [1.82, 2.24) is 10.2 Å². The van der Waals surface area contributed by atoms with Crippen LogP contribution in [0.2, 0.25) is 0 Å². The molecule has 0 spiro atoms. The highest BCUT2D eigenvalue weighted by molar-refractivity contribution is 5.99. The molecule has 29 heavy (non-hydrogen) atoms. The molecule has 0 heterocycles. The highest BCUT2D eigenvalue weighted by atomic mass is 16.2. The Morgan fingerprint density at radius 3 is 2.48 bits per heavy atom. The summed E-state index contributed by atoms with van der Waals surface area (Å²) in [5, 5.41) is 8.22. The zero-order chi connectivity index (χ0) is 21.0. The van der Waals surface area contributed by atoms with E-state index in [0.29, 0.717) is 11.3 Å². The fourth-order valence-corrected chi connectivity index (χ4v) is 3.41. The van der Waals surface area contributed by atoms with Crippen LogP contribution in [-0.4, -0.2) is 37.4 Å². The predicted octanol–water partition coefficient (Wildman–Crippen LogP) is 4.14. The Bertz CT molecular complexity index is 1040. The summed E-state index contributed by atoms with van der Waals surface area (Å²) in [5.74, 6) is -0.277. The van der Waals surface area contributed by atoms with Crippen molar-refractivity contribution in [3.05, 3.63) is 77.4 Å². The summed E-state index contributed by atoms with van der Waals surface area (Å²) in [7, 11) is 3.67. The average Bonchev–Trinajstić information content (AvgIpc) is 2.68. The standard InChI is InChI=1S/C24H27N3O2/c1-16-12-13-19(26-23(28)15-27(3)4)14-22(16)24(29)25-17(2)20-11-7-9-18-8-5-6-10-21(18)20/h5-14,17H,15H2,1-4H3,(H,25,29)(H,26,28)/t17-/m1/s1. The molecule has 3 rings (SSSR count). The zero-order valence-electron chi connectivity index (χ0n) is 17.3. The quantitative estimate of drug-likeness (QED) is 0.666. The molecular formula is C24H27N3O2. The molecule has 0 unspecified atom stereocenters. The Kier molecular flexibility index (Phi) is 6.29. The van der Waals surface area contributed by atoms with Gasteiger partial charge in [0.05, 0.1) is 12.6 Å². The monoisotopic (exact) mass is 389 g/mol. The van der Waals surface area contributed by atoms with E-state index in [1.54, 1.807) is 11.0 Å². The number of benzene rings is 3. The Morgan fingerprint density at radius 2 is 1.72 bits per heavy atom. The maximum Gasteiger partial charge on any atom is 0.252 e. The van der Waals surface area contributed by atoms with E-state index in [-0.39, 0.29) is 24.4 Å². The van der Waals surface area contributed by atoms with Crippen LogP contribution < -0.4 is 10.6 Å². The highest BCUT2D eigenvalue weighted by Gasteiger charge is 2.16. The van der Waals surface area contributed by atoms with Crippen LogP contribution in [0.4, 0.5) is 5.69 Å². The fraction of sp³-hybridized carbons (Fsp3) is 0.250. The van der Waals surface area contributed by atoms with Crippen LogP contribution in [0.25, 0.3) is 10.8 Å². The minimum absolute atomic E-state index is 0.116. The van der Waals surface area contributed by atoms with Crippen molar-refractivity contribution in [2.45, 2.75) is 19.9 Å². The number of carbonyl (C=O) groups excluding carboxylic acids is 2. The third kappa shape index (κ3) is 5.00. The van der Waals surface area contributed by atoms with E-state index in [0.717, 1.165) is 21.9 Å². The van der Waals surface area contributed by atoms with Gasteiger partial charge in [0.1, 0.15) is 0 Å². The third-order valence-corrected chi connectivity index (χ3v) is 4.86. The molecule has 0 aliphatic heterocycles. The minimum Gasteiger partial charge on any atom is -0.345 e. The van der Waals surface area contributed by atoms with Crippen LogP contribution in [0, 0.1) is 6.92 Å². The van der Waals surface area contributed by atoms with Crippen molar-refractivity contribution in [3.63, 3.8) is 0 Å². The summed E-state index contributed by atoms with van der Waals surface area (Å²) >= 11 is 0. The molecule has 3 aromatic rings. The van der Waals surface area contributed by atoms with E-state index in [9.17, 15) is 9.59 Å². The van der Waals surface area contributed by atoms with Gasteiger partial charge in [0.2, 0.25) is 5.91 Å². The number of carbonyl (C=O) groups is 2. The summed E-state index contributed by atoms with van der Waals surface area (Å²) in [6.07, 6.45) is 0. The Labute approximate surface area is 171 Å². The van der Waals surface area contributed by atoms with Crippen LogP contribution in [0.15, 0.2) is 60.7 Å². The largest absolute Gasteiger partial charge is 0.345 e. The molecule has 5 heteroatoms. The first-order chi connectivity index (χ1) is 13.8. The van der Waals surface area contributed by atoms with Gasteiger partial charge in [-0.2, -0.15) is 0 Å². The molecule has 0 radical (unpaired) electrons. The molecule has 150 valence electrons. The maximum absolute atomic E-state index is 13.0. The molecule has 0 fully saturated rings. The molecule has 3 aromatic carbocycles. The molecule has 1 atom stereocenters. The van der Waals surface area contributed by atoms with Gasteiger partial charge in [0, 0.05) is 11.3 Å². The number of rotatable bonds is 6. The summed E-state index contributed by atoms with van der Waals surface area (Å²) in [4.78, 5) is 26.8. The normalized spacial score (nSPS) is 12.0. The van der Waals surface area contributed by atoms with E-state index in [2.05, 4.69) is 28.8 Å². The number of hydrogen-bond donors (Lipinski definition) is 2. The van der Waals surface area contributed by atoms with Gasteiger partial charge < -0.3 is 15.5 Å². The lowest BCUT2D eigenvalue weighted by molar-refractivity contribution is -0.116. The van der Waals surface area contributed by atoms with Gasteiger partial charge >= 0.3 is 0 Å². The minimum atomic E-state index is -0.161. The highest BCUT2D eigenvalue weighted by Crippen LogP contribution is 2.25. The zero-order valence-corrected chi connectivity index (χ0v) is 17.3. The van der Waals surface area contributed by atoms with Crippen LogP contribution in [0.5, 0.6) is 0 Å². The van der Waals surface area contributed by atoms with Crippen LogP contribution >= 0.6 is 0 Å². The van der Waals surface area contributed by atoms with E-state index < -0.39 is 0 Å². The smallest absolute Gasteiger partial charge is 0.252 e. The Morgan fingerprint density at radius 1 is 1.00 bits per heavy atom. The first-order valence-corrected chi connectivity index (χ1v) is 9.69.